The maximum atomic E-state index is 13.0. The number of nitriles is 1. The third-order valence-corrected chi connectivity index (χ3v) is 3.30. The van der Waals surface area contributed by atoms with Gasteiger partial charge >= 0.3 is 6.18 Å². The Labute approximate surface area is 139 Å². The van der Waals surface area contributed by atoms with Crippen LogP contribution in [-0.2, 0) is 12.7 Å². The zero-order valence-corrected chi connectivity index (χ0v) is 12.7. The number of aromatic nitrogens is 1. The molecule has 25 heavy (non-hydrogen) atoms. The first-order valence-corrected chi connectivity index (χ1v) is 6.98. The van der Waals surface area contributed by atoms with Gasteiger partial charge in [0.05, 0.1) is 18.2 Å². The lowest BCUT2D eigenvalue weighted by Crippen LogP contribution is -2.35. The molecule has 0 spiro atoms. The topological polar surface area (TPSA) is 98.1 Å². The summed E-state index contributed by atoms with van der Waals surface area (Å²) in [5.74, 6) is -0.785. The molecule has 1 amide bonds. The monoisotopic (exact) mass is 351 g/mol. The second-order valence-electron chi connectivity index (χ2n) is 4.94. The highest BCUT2D eigenvalue weighted by Crippen LogP contribution is 2.28. The summed E-state index contributed by atoms with van der Waals surface area (Å²) >= 11 is 0. The predicted molar refractivity (Wildman–Crippen MR) is 80.9 cm³/mol. The van der Waals surface area contributed by atoms with Gasteiger partial charge in [0.1, 0.15) is 23.6 Å². The van der Waals surface area contributed by atoms with Crippen molar-refractivity contribution in [3.63, 3.8) is 0 Å². The van der Waals surface area contributed by atoms with Crippen LogP contribution in [0.1, 0.15) is 21.6 Å². The molecule has 6 nitrogen and oxygen atoms in total. The number of nitrogens with zero attached hydrogens (tertiary/aromatic N) is 2. The molecule has 0 aliphatic rings. The van der Waals surface area contributed by atoms with Crippen LogP contribution in [0.25, 0.3) is 0 Å². The molecule has 2 rings (SSSR count). The fourth-order valence-electron chi connectivity index (χ4n) is 2.12. The Kier molecular flexibility index (Phi) is 5.12. The Balaban J connectivity index is 2.24. The van der Waals surface area contributed by atoms with Crippen molar-refractivity contribution in [2.24, 2.45) is 5.73 Å². The molecule has 9 heteroatoms. The average molecular weight is 351 g/mol. The Hall–Kier alpha value is -3.28. The predicted octanol–water partition coefficient (Wildman–Crippen LogP) is 1.92. The van der Waals surface area contributed by atoms with Crippen molar-refractivity contribution in [1.29, 1.82) is 5.26 Å². The zero-order valence-electron chi connectivity index (χ0n) is 12.7. The molecule has 0 aliphatic carbocycles. The van der Waals surface area contributed by atoms with Crippen molar-refractivity contribution < 1.29 is 22.7 Å². The van der Waals surface area contributed by atoms with Crippen LogP contribution in [0.3, 0.4) is 0 Å². The number of rotatable bonds is 5. The van der Waals surface area contributed by atoms with Crippen LogP contribution in [0.5, 0.6) is 5.75 Å². The number of alkyl halides is 3. The largest absolute Gasteiger partial charge is 0.492 e. The van der Waals surface area contributed by atoms with Crippen molar-refractivity contribution in [3.05, 3.63) is 63.6 Å². The highest BCUT2D eigenvalue weighted by Gasteiger charge is 2.35. The van der Waals surface area contributed by atoms with E-state index in [1.54, 1.807) is 0 Å². The van der Waals surface area contributed by atoms with E-state index >= 15 is 0 Å². The second-order valence-corrected chi connectivity index (χ2v) is 4.94. The summed E-state index contributed by atoms with van der Waals surface area (Å²) in [6, 6.07) is 9.22. The van der Waals surface area contributed by atoms with Crippen LogP contribution in [-0.4, -0.2) is 17.1 Å². The number of primary amides is 1. The minimum absolute atomic E-state index is 0.253. The van der Waals surface area contributed by atoms with Gasteiger partial charge in [-0.3, -0.25) is 9.59 Å². The molecular formula is C16H12F3N3O3. The molecule has 1 aromatic heterocycles. The van der Waals surface area contributed by atoms with Crippen LogP contribution < -0.4 is 16.0 Å². The molecule has 0 atom stereocenters. The van der Waals surface area contributed by atoms with Crippen molar-refractivity contribution in [2.75, 3.05) is 6.61 Å². The Morgan fingerprint density at radius 1 is 1.20 bits per heavy atom. The molecule has 0 aliphatic heterocycles. The molecule has 130 valence electrons. The summed E-state index contributed by atoms with van der Waals surface area (Å²) in [5.41, 5.74) is 2.53. The third-order valence-electron chi connectivity index (χ3n) is 3.30. The Morgan fingerprint density at radius 2 is 1.84 bits per heavy atom. The van der Waals surface area contributed by atoms with Crippen LogP contribution in [0, 0.1) is 11.3 Å². The van der Waals surface area contributed by atoms with E-state index in [1.807, 2.05) is 6.07 Å². The van der Waals surface area contributed by atoms with E-state index < -0.39 is 35.4 Å². The van der Waals surface area contributed by atoms with Gasteiger partial charge in [0.25, 0.3) is 11.5 Å². The third kappa shape index (κ3) is 4.17. The Bertz CT molecular complexity index is 881. The fraction of sp³-hybridized carbons (Fsp3) is 0.188. The van der Waals surface area contributed by atoms with Crippen molar-refractivity contribution in [2.45, 2.75) is 12.7 Å². The van der Waals surface area contributed by atoms with E-state index in [-0.39, 0.29) is 6.61 Å². The SMILES string of the molecule is N#Cc1ccc(OCCn2c(C(F)(F)F)ccc(C(N)=O)c2=O)cc1. The van der Waals surface area contributed by atoms with Gasteiger partial charge in [0.2, 0.25) is 0 Å². The molecule has 0 radical (unpaired) electrons. The van der Waals surface area contributed by atoms with E-state index in [4.69, 9.17) is 15.7 Å². The van der Waals surface area contributed by atoms with Crippen molar-refractivity contribution in [3.8, 4) is 11.8 Å². The summed E-state index contributed by atoms with van der Waals surface area (Å²) in [7, 11) is 0. The van der Waals surface area contributed by atoms with Gasteiger partial charge in [-0.25, -0.2) is 0 Å². The van der Waals surface area contributed by atoms with E-state index in [0.717, 1.165) is 6.07 Å². The minimum atomic E-state index is -4.77. The molecule has 0 saturated carbocycles. The van der Waals surface area contributed by atoms with Gasteiger partial charge in [0, 0.05) is 0 Å². The summed E-state index contributed by atoms with van der Waals surface area (Å²) in [4.78, 5) is 23.2. The molecule has 2 aromatic rings. The van der Waals surface area contributed by atoms with Crippen molar-refractivity contribution in [1.82, 2.24) is 4.57 Å². The molecule has 1 aromatic carbocycles. The van der Waals surface area contributed by atoms with Crippen LogP contribution in [0.4, 0.5) is 13.2 Å². The first kappa shape index (κ1) is 18.1. The van der Waals surface area contributed by atoms with Crippen LogP contribution >= 0.6 is 0 Å². The molecular weight excluding hydrogens is 339 g/mol. The molecule has 0 fully saturated rings. The highest BCUT2D eigenvalue weighted by atomic mass is 19.4. The summed E-state index contributed by atoms with van der Waals surface area (Å²) in [6.45, 7) is -0.689. The lowest BCUT2D eigenvalue weighted by Gasteiger charge is -2.16. The molecule has 1 heterocycles. The number of carbonyl (C=O) groups excluding carboxylic acids is 1. The number of nitrogens with two attached hydrogens (primary N) is 1. The first-order valence-electron chi connectivity index (χ1n) is 6.98. The first-order chi connectivity index (χ1) is 11.7. The Morgan fingerprint density at radius 3 is 2.36 bits per heavy atom. The van der Waals surface area contributed by atoms with Gasteiger partial charge in [0.15, 0.2) is 0 Å². The smallest absolute Gasteiger partial charge is 0.431 e. The number of amides is 1. The van der Waals surface area contributed by atoms with E-state index in [0.29, 0.717) is 21.9 Å². The van der Waals surface area contributed by atoms with Crippen molar-refractivity contribution >= 4 is 5.91 Å². The minimum Gasteiger partial charge on any atom is -0.492 e. The normalized spacial score (nSPS) is 11.0. The maximum Gasteiger partial charge on any atom is 0.431 e. The number of carbonyl (C=O) groups is 1. The van der Waals surface area contributed by atoms with Gasteiger partial charge in [-0.05, 0) is 36.4 Å². The van der Waals surface area contributed by atoms with Crippen LogP contribution in [0.2, 0.25) is 0 Å². The standard InChI is InChI=1S/C16H12F3N3O3/c17-16(18,19)13-6-5-12(14(21)23)15(24)22(13)7-8-25-11-3-1-10(9-20)2-4-11/h1-6H,7-8H2,(H2,21,23). The highest BCUT2D eigenvalue weighted by molar-refractivity contribution is 5.92. The van der Waals surface area contributed by atoms with Gasteiger partial charge in [-0.2, -0.15) is 18.4 Å². The molecule has 0 saturated heterocycles. The number of halogens is 3. The molecule has 0 bridgehead atoms. The molecule has 0 unspecified atom stereocenters. The van der Waals surface area contributed by atoms with Gasteiger partial charge in [-0.1, -0.05) is 0 Å². The van der Waals surface area contributed by atoms with E-state index in [9.17, 15) is 22.8 Å². The number of hydrogen-bond donors (Lipinski definition) is 1. The average Bonchev–Trinajstić information content (AvgIpc) is 2.55. The summed E-state index contributed by atoms with van der Waals surface area (Å²) in [5, 5.41) is 8.69. The van der Waals surface area contributed by atoms with E-state index in [1.165, 1.54) is 24.3 Å². The number of pyridine rings is 1. The van der Waals surface area contributed by atoms with Gasteiger partial charge < -0.3 is 15.0 Å². The fourth-order valence-corrected chi connectivity index (χ4v) is 2.12. The van der Waals surface area contributed by atoms with Gasteiger partial charge in [-0.15, -0.1) is 0 Å². The maximum absolute atomic E-state index is 13.0. The molecule has 2 N–H and O–H groups in total. The number of hydrogen-bond acceptors (Lipinski definition) is 4. The van der Waals surface area contributed by atoms with E-state index in [2.05, 4.69) is 0 Å². The second kappa shape index (κ2) is 7.09. The van der Waals surface area contributed by atoms with Crippen LogP contribution in [0.15, 0.2) is 41.2 Å². The lowest BCUT2D eigenvalue weighted by molar-refractivity contribution is -0.144. The number of ether oxygens (including phenoxy) is 1. The number of benzene rings is 1. The summed E-state index contributed by atoms with van der Waals surface area (Å²) in [6.07, 6.45) is -4.77. The summed E-state index contributed by atoms with van der Waals surface area (Å²) < 4.78 is 44.8. The lowest BCUT2D eigenvalue weighted by atomic mass is 10.2. The quantitative estimate of drug-likeness (QED) is 0.890. The zero-order chi connectivity index (χ0) is 18.6.